The predicted molar refractivity (Wildman–Crippen MR) is 85.8 cm³/mol. The molecule has 3 N–H and O–H groups in total. The van der Waals surface area contributed by atoms with Gasteiger partial charge in [-0.25, -0.2) is 13.1 Å². The van der Waals surface area contributed by atoms with Crippen molar-refractivity contribution in [3.8, 4) is 11.8 Å². The lowest BCUT2D eigenvalue weighted by molar-refractivity contribution is 0.580. The van der Waals surface area contributed by atoms with Crippen molar-refractivity contribution >= 4 is 20.8 Å². The Morgan fingerprint density at radius 1 is 1.43 bits per heavy atom. The smallest absolute Gasteiger partial charge is 0.240 e. The number of hydrogen-bond donors (Lipinski definition) is 2. The Hall–Kier alpha value is -1.20. The first-order valence-electron chi connectivity index (χ1n) is 6.39. The van der Waals surface area contributed by atoms with Gasteiger partial charge in [-0.1, -0.05) is 11.8 Å². The molecule has 1 aromatic carbocycles. The number of rotatable bonds is 5. The highest BCUT2D eigenvalue weighted by molar-refractivity contribution is 7.89. The molecule has 0 bridgehead atoms. The zero-order valence-corrected chi connectivity index (χ0v) is 14.0. The summed E-state index contributed by atoms with van der Waals surface area (Å²) in [5.74, 6) is 5.62. The Labute approximate surface area is 128 Å². The third-order valence-corrected chi connectivity index (χ3v) is 5.68. The molecule has 0 amide bonds. The van der Waals surface area contributed by atoms with E-state index < -0.39 is 20.8 Å². The Kier molecular flexibility index (Phi) is 6.55. The molecule has 0 aromatic heterocycles. The summed E-state index contributed by atoms with van der Waals surface area (Å²) in [7, 11) is -4.68. The van der Waals surface area contributed by atoms with Crippen LogP contribution in [0.5, 0.6) is 0 Å². The van der Waals surface area contributed by atoms with E-state index in [0.29, 0.717) is 0 Å². The number of sulfonamides is 1. The number of nitrogens with one attached hydrogen (secondary N) is 1. The standard InChI is InChI=1S/C14H20N2O3S2/c1-11-9-14(7-6-13(11)5-4-8-15)21(18,19)16-10-12(2)20(3)17/h6-7,9,12,16H,8,10,15H2,1-3H3. The van der Waals surface area contributed by atoms with Crippen LogP contribution in [-0.2, 0) is 20.8 Å². The molecule has 0 aliphatic heterocycles. The van der Waals surface area contributed by atoms with E-state index in [1.54, 1.807) is 32.2 Å². The highest BCUT2D eigenvalue weighted by atomic mass is 32.2. The average molecular weight is 328 g/mol. The van der Waals surface area contributed by atoms with Crippen molar-refractivity contribution in [2.45, 2.75) is 24.0 Å². The van der Waals surface area contributed by atoms with Crippen molar-refractivity contribution in [1.82, 2.24) is 4.72 Å². The summed E-state index contributed by atoms with van der Waals surface area (Å²) in [6.45, 7) is 3.92. The first-order chi connectivity index (χ1) is 9.77. The van der Waals surface area contributed by atoms with E-state index in [4.69, 9.17) is 5.73 Å². The van der Waals surface area contributed by atoms with Gasteiger partial charge < -0.3 is 5.73 Å². The van der Waals surface area contributed by atoms with Crippen LogP contribution < -0.4 is 10.5 Å². The molecule has 21 heavy (non-hydrogen) atoms. The fourth-order valence-electron chi connectivity index (χ4n) is 1.52. The van der Waals surface area contributed by atoms with E-state index in [1.807, 2.05) is 0 Å². The molecule has 1 rings (SSSR count). The fourth-order valence-corrected chi connectivity index (χ4v) is 3.16. The molecule has 1 aromatic rings. The zero-order chi connectivity index (χ0) is 16.0. The molecule has 116 valence electrons. The molecule has 0 aliphatic carbocycles. The molecule has 0 fully saturated rings. The molecule has 0 aliphatic rings. The summed E-state index contributed by atoms with van der Waals surface area (Å²) in [6.07, 6.45) is 1.55. The number of aryl methyl sites for hydroxylation is 1. The van der Waals surface area contributed by atoms with Crippen molar-refractivity contribution in [2.24, 2.45) is 5.73 Å². The SMILES string of the molecule is Cc1cc(S(=O)(=O)NCC(C)S(C)=O)ccc1C#CCN. The Morgan fingerprint density at radius 2 is 2.10 bits per heavy atom. The van der Waals surface area contributed by atoms with E-state index in [-0.39, 0.29) is 23.2 Å². The van der Waals surface area contributed by atoms with Crippen LogP contribution in [-0.4, -0.2) is 37.2 Å². The third-order valence-electron chi connectivity index (χ3n) is 2.96. The van der Waals surface area contributed by atoms with Crippen LogP contribution in [0.25, 0.3) is 0 Å². The average Bonchev–Trinajstić information content (AvgIpc) is 2.43. The van der Waals surface area contributed by atoms with Crippen molar-refractivity contribution in [3.05, 3.63) is 29.3 Å². The van der Waals surface area contributed by atoms with Crippen molar-refractivity contribution in [3.63, 3.8) is 0 Å². The first kappa shape index (κ1) is 17.9. The van der Waals surface area contributed by atoms with Gasteiger partial charge in [-0.3, -0.25) is 4.21 Å². The lowest BCUT2D eigenvalue weighted by Gasteiger charge is -2.11. The van der Waals surface area contributed by atoms with Crippen LogP contribution in [0.1, 0.15) is 18.1 Å². The second kappa shape index (κ2) is 7.71. The number of nitrogens with two attached hydrogens (primary N) is 1. The van der Waals surface area contributed by atoms with Gasteiger partial charge in [-0.15, -0.1) is 0 Å². The minimum absolute atomic E-state index is 0.138. The van der Waals surface area contributed by atoms with E-state index in [0.717, 1.165) is 11.1 Å². The Morgan fingerprint density at radius 3 is 2.62 bits per heavy atom. The lowest BCUT2D eigenvalue weighted by atomic mass is 10.1. The fraction of sp³-hybridized carbons (Fsp3) is 0.429. The van der Waals surface area contributed by atoms with Crippen molar-refractivity contribution < 1.29 is 12.6 Å². The van der Waals surface area contributed by atoms with Gasteiger partial charge in [0, 0.05) is 34.4 Å². The molecule has 2 unspecified atom stereocenters. The quantitative estimate of drug-likeness (QED) is 0.763. The topological polar surface area (TPSA) is 89.3 Å². The highest BCUT2D eigenvalue weighted by Crippen LogP contribution is 2.15. The largest absolute Gasteiger partial charge is 0.320 e. The van der Waals surface area contributed by atoms with Gasteiger partial charge in [0.15, 0.2) is 0 Å². The summed E-state index contributed by atoms with van der Waals surface area (Å²) in [6, 6.07) is 4.73. The molecule has 0 spiro atoms. The molecule has 0 heterocycles. The van der Waals surface area contributed by atoms with Gasteiger partial charge in [0.05, 0.1) is 11.4 Å². The second-order valence-electron chi connectivity index (χ2n) is 4.64. The van der Waals surface area contributed by atoms with Crippen molar-refractivity contribution in [1.29, 1.82) is 0 Å². The first-order valence-corrected chi connectivity index (χ1v) is 9.50. The molecule has 7 heteroatoms. The maximum Gasteiger partial charge on any atom is 0.240 e. The summed E-state index contributed by atoms with van der Waals surface area (Å²) >= 11 is 0. The summed E-state index contributed by atoms with van der Waals surface area (Å²) in [5, 5.41) is -0.240. The molecule has 0 radical (unpaired) electrons. The van der Waals surface area contributed by atoms with Crippen LogP contribution in [0.15, 0.2) is 23.1 Å². The second-order valence-corrected chi connectivity index (χ2v) is 8.21. The Balaban J connectivity index is 2.94. The van der Waals surface area contributed by atoms with Gasteiger partial charge in [0.1, 0.15) is 0 Å². The van der Waals surface area contributed by atoms with Crippen LogP contribution in [0.3, 0.4) is 0 Å². The van der Waals surface area contributed by atoms with E-state index >= 15 is 0 Å². The molecule has 0 saturated heterocycles. The van der Waals surface area contributed by atoms with Gasteiger partial charge in [0.2, 0.25) is 10.0 Å². The zero-order valence-electron chi connectivity index (χ0n) is 12.3. The third kappa shape index (κ3) is 5.25. The summed E-state index contributed by atoms with van der Waals surface area (Å²) < 4.78 is 38.1. The van der Waals surface area contributed by atoms with E-state index in [1.165, 1.54) is 6.07 Å². The maximum atomic E-state index is 12.2. The molecule has 5 nitrogen and oxygen atoms in total. The molecular formula is C14H20N2O3S2. The van der Waals surface area contributed by atoms with Gasteiger partial charge in [-0.2, -0.15) is 0 Å². The molecular weight excluding hydrogens is 308 g/mol. The van der Waals surface area contributed by atoms with E-state index in [2.05, 4.69) is 16.6 Å². The summed E-state index contributed by atoms with van der Waals surface area (Å²) in [4.78, 5) is 0.174. The normalized spacial score (nSPS) is 14.1. The van der Waals surface area contributed by atoms with Crippen molar-refractivity contribution in [2.75, 3.05) is 19.3 Å². The van der Waals surface area contributed by atoms with Gasteiger partial charge in [-0.05, 0) is 37.6 Å². The predicted octanol–water partition coefficient (Wildman–Crippen LogP) is 0.351. The summed E-state index contributed by atoms with van der Waals surface area (Å²) in [5.41, 5.74) is 6.84. The minimum atomic E-state index is -3.61. The van der Waals surface area contributed by atoms with Gasteiger partial charge in [0.25, 0.3) is 0 Å². The van der Waals surface area contributed by atoms with Crippen LogP contribution >= 0.6 is 0 Å². The lowest BCUT2D eigenvalue weighted by Crippen LogP contribution is -2.32. The number of hydrogen-bond acceptors (Lipinski definition) is 4. The molecule has 2 atom stereocenters. The van der Waals surface area contributed by atoms with E-state index in [9.17, 15) is 12.6 Å². The number of benzene rings is 1. The van der Waals surface area contributed by atoms with Crippen LogP contribution in [0, 0.1) is 18.8 Å². The minimum Gasteiger partial charge on any atom is -0.320 e. The highest BCUT2D eigenvalue weighted by Gasteiger charge is 2.17. The van der Waals surface area contributed by atoms with Gasteiger partial charge >= 0.3 is 0 Å². The van der Waals surface area contributed by atoms with Crippen LogP contribution in [0.4, 0.5) is 0 Å². The monoisotopic (exact) mass is 328 g/mol. The Bertz CT molecular complexity index is 688. The van der Waals surface area contributed by atoms with Crippen LogP contribution in [0.2, 0.25) is 0 Å². The molecule has 0 saturated carbocycles. The maximum absolute atomic E-state index is 12.2.